The summed E-state index contributed by atoms with van der Waals surface area (Å²) < 4.78 is 0. The highest BCUT2D eigenvalue weighted by Gasteiger charge is 2.06. The van der Waals surface area contributed by atoms with Crippen LogP contribution in [0.4, 0.5) is 0 Å². The molecule has 0 saturated carbocycles. The van der Waals surface area contributed by atoms with Gasteiger partial charge in [0.25, 0.3) is 0 Å². The molecular weight excluding hydrogens is 180 g/mol. The zero-order chi connectivity index (χ0) is 10.1. The first-order chi connectivity index (χ1) is 7.45. The Morgan fingerprint density at radius 3 is 2.73 bits per heavy atom. The van der Waals surface area contributed by atoms with E-state index in [4.69, 9.17) is 0 Å². The molecule has 1 radical (unpaired) electrons. The molecule has 0 aromatic heterocycles. The van der Waals surface area contributed by atoms with Crippen molar-refractivity contribution in [1.82, 2.24) is 0 Å². The number of fused-ring (bicyclic) bond motifs is 2. The monoisotopic (exact) mass is 191 g/mol. The molecule has 2 aliphatic carbocycles. The van der Waals surface area contributed by atoms with Crippen molar-refractivity contribution in [2.24, 2.45) is 0 Å². The third kappa shape index (κ3) is 1.39. The number of rotatable bonds is 0. The van der Waals surface area contributed by atoms with Gasteiger partial charge in [0, 0.05) is 6.42 Å². The number of allylic oxidation sites excluding steroid dienone is 6. The predicted octanol–water partition coefficient (Wildman–Crippen LogP) is 1.89. The maximum atomic E-state index is 2.18. The standard InChI is InChI=1S/C15H11/c1-3-10-14-12(6-1)8-5-9-13-7-2-4-11-15(13)14/h1-11H. The van der Waals surface area contributed by atoms with Crippen LogP contribution in [0.15, 0.2) is 60.2 Å². The Balaban J connectivity index is 2.45. The fraction of sp³-hybridized carbons (Fsp3) is 0. The van der Waals surface area contributed by atoms with Crippen LogP contribution in [0.2, 0.25) is 0 Å². The van der Waals surface area contributed by atoms with E-state index in [0.717, 1.165) is 0 Å². The van der Waals surface area contributed by atoms with Gasteiger partial charge in [0.05, 0.1) is 0 Å². The van der Waals surface area contributed by atoms with E-state index < -0.39 is 0 Å². The van der Waals surface area contributed by atoms with Crippen molar-refractivity contribution < 1.29 is 0 Å². The van der Waals surface area contributed by atoms with Crippen molar-refractivity contribution in [3.05, 3.63) is 77.1 Å². The molecule has 0 bridgehead atoms. The fourth-order valence-electron chi connectivity index (χ4n) is 2.03. The first-order valence-electron chi connectivity index (χ1n) is 5.15. The van der Waals surface area contributed by atoms with E-state index in [0.29, 0.717) is 0 Å². The van der Waals surface area contributed by atoms with Gasteiger partial charge in [0.15, 0.2) is 0 Å². The van der Waals surface area contributed by atoms with Gasteiger partial charge in [0.2, 0.25) is 0 Å². The SMILES string of the molecule is [CH]1C=CC=C2C=CC=c3ccccc3=C12. The minimum absolute atomic E-state index is 1.29. The van der Waals surface area contributed by atoms with Crippen molar-refractivity contribution in [3.8, 4) is 0 Å². The van der Waals surface area contributed by atoms with Crippen molar-refractivity contribution in [2.45, 2.75) is 0 Å². The molecule has 15 heavy (non-hydrogen) atoms. The van der Waals surface area contributed by atoms with Crippen LogP contribution in [-0.4, -0.2) is 0 Å². The van der Waals surface area contributed by atoms with Gasteiger partial charge in [-0.25, -0.2) is 0 Å². The van der Waals surface area contributed by atoms with E-state index in [9.17, 15) is 0 Å². The summed E-state index contributed by atoms with van der Waals surface area (Å²) in [4.78, 5) is 0. The zero-order valence-corrected chi connectivity index (χ0v) is 8.35. The maximum absolute atomic E-state index is 2.18. The number of hydrogen-bond acceptors (Lipinski definition) is 0. The lowest BCUT2D eigenvalue weighted by molar-refractivity contribution is 1.46. The molecule has 0 spiro atoms. The van der Waals surface area contributed by atoms with E-state index in [-0.39, 0.29) is 0 Å². The molecular formula is C15H11. The fourth-order valence-corrected chi connectivity index (χ4v) is 2.03. The molecule has 0 heterocycles. The van der Waals surface area contributed by atoms with E-state index in [1.807, 2.05) is 0 Å². The van der Waals surface area contributed by atoms with Crippen LogP contribution in [0.5, 0.6) is 0 Å². The summed E-state index contributed by atoms with van der Waals surface area (Å²) in [6.45, 7) is 0. The molecule has 71 valence electrons. The summed E-state index contributed by atoms with van der Waals surface area (Å²) in [7, 11) is 0. The van der Waals surface area contributed by atoms with Crippen molar-refractivity contribution in [1.29, 1.82) is 0 Å². The van der Waals surface area contributed by atoms with Crippen molar-refractivity contribution in [3.63, 3.8) is 0 Å². The summed E-state index contributed by atoms with van der Waals surface area (Å²) in [5, 5.41) is 2.61. The molecule has 0 amide bonds. The molecule has 0 N–H and O–H groups in total. The van der Waals surface area contributed by atoms with Gasteiger partial charge in [-0.05, 0) is 21.6 Å². The molecule has 0 aliphatic heterocycles. The predicted molar refractivity (Wildman–Crippen MR) is 64.2 cm³/mol. The van der Waals surface area contributed by atoms with Crippen LogP contribution in [0.3, 0.4) is 0 Å². The number of benzene rings is 1. The summed E-state index contributed by atoms with van der Waals surface area (Å²) in [5.74, 6) is 0. The second kappa shape index (κ2) is 3.39. The quantitative estimate of drug-likeness (QED) is 0.587. The Kier molecular flexibility index (Phi) is 1.92. The molecule has 2 aliphatic rings. The second-order valence-electron chi connectivity index (χ2n) is 3.70. The van der Waals surface area contributed by atoms with E-state index in [2.05, 4.69) is 67.1 Å². The first-order valence-corrected chi connectivity index (χ1v) is 5.15. The molecule has 1 aromatic rings. The Labute approximate surface area is 89.3 Å². The smallest absolute Gasteiger partial charge is 0.0137 e. The van der Waals surface area contributed by atoms with Gasteiger partial charge in [-0.3, -0.25) is 0 Å². The van der Waals surface area contributed by atoms with Crippen molar-refractivity contribution in [2.75, 3.05) is 0 Å². The van der Waals surface area contributed by atoms with Crippen LogP contribution in [0.1, 0.15) is 0 Å². The van der Waals surface area contributed by atoms with Crippen LogP contribution < -0.4 is 10.4 Å². The van der Waals surface area contributed by atoms with Gasteiger partial charge in [0.1, 0.15) is 0 Å². The molecule has 0 atom stereocenters. The highest BCUT2D eigenvalue weighted by Crippen LogP contribution is 2.20. The Hall–Kier alpha value is -1.82. The normalized spacial score (nSPS) is 17.3. The summed E-state index contributed by atoms with van der Waals surface area (Å²) in [5.41, 5.74) is 2.61. The topological polar surface area (TPSA) is 0 Å². The number of hydrogen-bond donors (Lipinski definition) is 0. The van der Waals surface area contributed by atoms with Gasteiger partial charge in [-0.15, -0.1) is 0 Å². The average molecular weight is 191 g/mol. The van der Waals surface area contributed by atoms with Gasteiger partial charge < -0.3 is 0 Å². The average Bonchev–Trinajstić information content (AvgIpc) is 2.48. The first kappa shape index (κ1) is 8.49. The molecule has 3 rings (SSSR count). The van der Waals surface area contributed by atoms with E-state index >= 15 is 0 Å². The van der Waals surface area contributed by atoms with Crippen molar-refractivity contribution >= 4 is 11.6 Å². The Morgan fingerprint density at radius 2 is 1.73 bits per heavy atom. The van der Waals surface area contributed by atoms with Gasteiger partial charge >= 0.3 is 0 Å². The maximum Gasteiger partial charge on any atom is 0.0137 e. The minimum atomic E-state index is 1.29. The third-order valence-electron chi connectivity index (χ3n) is 2.76. The lowest BCUT2D eigenvalue weighted by Crippen LogP contribution is -2.26. The van der Waals surface area contributed by atoms with Crippen LogP contribution in [0.25, 0.3) is 11.6 Å². The Bertz CT molecular complexity index is 595. The summed E-state index contributed by atoms with van der Waals surface area (Å²) in [6, 6.07) is 8.51. The van der Waals surface area contributed by atoms with Crippen LogP contribution in [0, 0.1) is 6.42 Å². The molecule has 0 unspecified atom stereocenters. The molecule has 0 heteroatoms. The Morgan fingerprint density at radius 1 is 0.800 bits per heavy atom. The van der Waals surface area contributed by atoms with E-state index in [1.54, 1.807) is 0 Å². The molecule has 0 fully saturated rings. The lowest BCUT2D eigenvalue weighted by atomic mass is 9.96. The zero-order valence-electron chi connectivity index (χ0n) is 8.35. The van der Waals surface area contributed by atoms with Crippen LogP contribution >= 0.6 is 0 Å². The van der Waals surface area contributed by atoms with Crippen LogP contribution in [-0.2, 0) is 0 Å². The van der Waals surface area contributed by atoms with Gasteiger partial charge in [-0.1, -0.05) is 60.7 Å². The second-order valence-corrected chi connectivity index (χ2v) is 3.70. The van der Waals surface area contributed by atoms with Gasteiger partial charge in [-0.2, -0.15) is 0 Å². The molecule has 0 nitrogen and oxygen atoms in total. The molecule has 1 aromatic carbocycles. The minimum Gasteiger partial charge on any atom is -0.0760 e. The van der Waals surface area contributed by atoms with E-state index in [1.165, 1.54) is 21.6 Å². The highest BCUT2D eigenvalue weighted by atomic mass is 14.1. The molecule has 0 saturated heterocycles. The summed E-state index contributed by atoms with van der Waals surface area (Å²) in [6.07, 6.45) is 14.9. The summed E-state index contributed by atoms with van der Waals surface area (Å²) >= 11 is 0. The third-order valence-corrected chi connectivity index (χ3v) is 2.76. The highest BCUT2D eigenvalue weighted by molar-refractivity contribution is 5.80. The lowest BCUT2D eigenvalue weighted by Gasteiger charge is -2.08. The largest absolute Gasteiger partial charge is 0.0760 e.